The Hall–Kier alpha value is -1.86. The number of hydrogen-bond acceptors (Lipinski definition) is 5. The van der Waals surface area contributed by atoms with Crippen LogP contribution in [0.2, 0.25) is 5.02 Å². The van der Waals surface area contributed by atoms with Gasteiger partial charge in [-0.15, -0.1) is 0 Å². The van der Waals surface area contributed by atoms with Crippen LogP contribution in [0, 0.1) is 11.3 Å². The molecule has 1 aromatic heterocycles. The zero-order chi connectivity index (χ0) is 15.9. The fourth-order valence-corrected chi connectivity index (χ4v) is 3.52. The van der Waals surface area contributed by atoms with Gasteiger partial charge in [0.05, 0.1) is 17.2 Å². The quantitative estimate of drug-likeness (QED) is 0.865. The Morgan fingerprint density at radius 1 is 1.45 bits per heavy atom. The maximum absolute atomic E-state index is 11.7. The largest absolute Gasteiger partial charge is 0.481 e. The molecule has 0 bridgehead atoms. The summed E-state index contributed by atoms with van der Waals surface area (Å²) in [5, 5.41) is 18.8. The van der Waals surface area contributed by atoms with E-state index in [1.807, 2.05) is 0 Å². The molecular formula is C14H15ClN2O5. The predicted molar refractivity (Wildman–Crippen MR) is 77.4 cm³/mol. The molecule has 22 heavy (non-hydrogen) atoms. The highest BCUT2D eigenvalue weighted by Gasteiger charge is 2.54. The van der Waals surface area contributed by atoms with Gasteiger partial charge in [0.25, 0.3) is 0 Å². The lowest BCUT2D eigenvalue weighted by atomic mass is 9.76. The van der Waals surface area contributed by atoms with Crippen molar-refractivity contribution in [2.24, 2.45) is 11.3 Å². The molecule has 0 radical (unpaired) electrons. The SMILES string of the molecule is O=C(O)c1cnc(N2C[C@@H]3CCOC[C@]3(C(=O)O)C2)c(Cl)c1. The van der Waals surface area contributed by atoms with Gasteiger partial charge in [-0.2, -0.15) is 0 Å². The van der Waals surface area contributed by atoms with Crippen molar-refractivity contribution >= 4 is 29.4 Å². The number of rotatable bonds is 3. The van der Waals surface area contributed by atoms with Crippen molar-refractivity contribution in [1.29, 1.82) is 0 Å². The molecule has 0 unspecified atom stereocenters. The van der Waals surface area contributed by atoms with Gasteiger partial charge >= 0.3 is 11.9 Å². The third-order valence-corrected chi connectivity index (χ3v) is 4.74. The van der Waals surface area contributed by atoms with Crippen molar-refractivity contribution in [3.63, 3.8) is 0 Å². The number of aliphatic carboxylic acids is 1. The van der Waals surface area contributed by atoms with E-state index in [4.69, 9.17) is 21.4 Å². The number of carbonyl (C=O) groups is 2. The van der Waals surface area contributed by atoms with Crippen LogP contribution >= 0.6 is 11.6 Å². The lowest BCUT2D eigenvalue weighted by molar-refractivity contribution is -0.159. The van der Waals surface area contributed by atoms with Crippen LogP contribution in [0.1, 0.15) is 16.8 Å². The topological polar surface area (TPSA) is 100.0 Å². The Morgan fingerprint density at radius 3 is 2.82 bits per heavy atom. The number of aromatic carboxylic acids is 1. The molecule has 7 nitrogen and oxygen atoms in total. The van der Waals surface area contributed by atoms with Crippen LogP contribution in [0.5, 0.6) is 0 Å². The maximum Gasteiger partial charge on any atom is 0.337 e. The summed E-state index contributed by atoms with van der Waals surface area (Å²) in [4.78, 5) is 28.6. The van der Waals surface area contributed by atoms with E-state index in [1.54, 1.807) is 4.90 Å². The first-order chi connectivity index (χ1) is 10.4. The number of aromatic nitrogens is 1. The lowest BCUT2D eigenvalue weighted by Crippen LogP contribution is -2.46. The molecule has 0 aromatic carbocycles. The molecule has 0 aliphatic carbocycles. The van der Waals surface area contributed by atoms with Gasteiger partial charge in [0.1, 0.15) is 11.2 Å². The molecule has 2 N–H and O–H groups in total. The van der Waals surface area contributed by atoms with Gasteiger partial charge in [-0.25, -0.2) is 9.78 Å². The molecule has 2 fully saturated rings. The molecule has 0 amide bonds. The first-order valence-electron chi connectivity index (χ1n) is 6.89. The Kier molecular flexibility index (Phi) is 3.70. The maximum atomic E-state index is 11.7. The molecule has 118 valence electrons. The Morgan fingerprint density at radius 2 is 2.23 bits per heavy atom. The molecule has 0 saturated carbocycles. The molecular weight excluding hydrogens is 312 g/mol. The van der Waals surface area contributed by atoms with Gasteiger partial charge in [-0.05, 0) is 18.4 Å². The molecule has 2 aliphatic rings. The van der Waals surface area contributed by atoms with Crippen molar-refractivity contribution < 1.29 is 24.5 Å². The van der Waals surface area contributed by atoms with Crippen LogP contribution in [0.15, 0.2) is 12.3 Å². The molecule has 3 rings (SSSR count). The predicted octanol–water partition coefficient (Wildman–Crippen LogP) is 1.36. The minimum Gasteiger partial charge on any atom is -0.481 e. The highest BCUT2D eigenvalue weighted by atomic mass is 35.5. The first-order valence-corrected chi connectivity index (χ1v) is 7.27. The summed E-state index contributed by atoms with van der Waals surface area (Å²) in [5.41, 5.74) is -0.948. The van der Waals surface area contributed by atoms with Crippen LogP contribution in [0.3, 0.4) is 0 Å². The fourth-order valence-electron chi connectivity index (χ4n) is 3.23. The number of pyridine rings is 1. The third-order valence-electron chi connectivity index (χ3n) is 4.46. The fraction of sp³-hybridized carbons (Fsp3) is 0.500. The van der Waals surface area contributed by atoms with Crippen LogP contribution in [-0.4, -0.2) is 53.4 Å². The van der Waals surface area contributed by atoms with Gasteiger partial charge < -0.3 is 19.8 Å². The van der Waals surface area contributed by atoms with Crippen LogP contribution in [-0.2, 0) is 9.53 Å². The zero-order valence-corrected chi connectivity index (χ0v) is 12.4. The average molecular weight is 327 g/mol. The van der Waals surface area contributed by atoms with Crippen molar-refractivity contribution in [2.45, 2.75) is 6.42 Å². The van der Waals surface area contributed by atoms with E-state index < -0.39 is 17.4 Å². The normalized spacial score (nSPS) is 27.5. The first kappa shape index (κ1) is 15.1. The number of anilines is 1. The molecule has 2 atom stereocenters. The molecule has 8 heteroatoms. The lowest BCUT2D eigenvalue weighted by Gasteiger charge is -2.33. The van der Waals surface area contributed by atoms with Gasteiger partial charge in [-0.1, -0.05) is 11.6 Å². The summed E-state index contributed by atoms with van der Waals surface area (Å²) in [5.74, 6) is -1.60. The van der Waals surface area contributed by atoms with Gasteiger partial charge in [0, 0.05) is 25.9 Å². The van der Waals surface area contributed by atoms with Crippen molar-refractivity contribution in [3.8, 4) is 0 Å². The summed E-state index contributed by atoms with van der Waals surface area (Å²) in [7, 11) is 0. The number of ether oxygens (including phenoxy) is 1. The summed E-state index contributed by atoms with van der Waals surface area (Å²) in [6, 6.07) is 1.33. The minimum absolute atomic E-state index is 0.00152. The van der Waals surface area contributed by atoms with E-state index in [1.165, 1.54) is 12.3 Å². The van der Waals surface area contributed by atoms with Gasteiger partial charge in [0.15, 0.2) is 0 Å². The molecule has 3 heterocycles. The Labute approximate surface area is 131 Å². The van der Waals surface area contributed by atoms with E-state index in [-0.39, 0.29) is 29.7 Å². The van der Waals surface area contributed by atoms with Crippen LogP contribution in [0.4, 0.5) is 5.82 Å². The smallest absolute Gasteiger partial charge is 0.337 e. The standard InChI is InChI=1S/C14H15ClN2O5/c15-10-3-8(12(18)19)4-16-11(10)17-5-9-1-2-22-7-14(9,6-17)13(20)21/h3-4,9H,1-2,5-7H2,(H,18,19)(H,20,21)/t9-,14+/m0/s1. The van der Waals surface area contributed by atoms with Crippen molar-refractivity contribution in [1.82, 2.24) is 4.98 Å². The van der Waals surface area contributed by atoms with Crippen LogP contribution < -0.4 is 4.90 Å². The van der Waals surface area contributed by atoms with E-state index >= 15 is 0 Å². The average Bonchev–Trinajstić information content (AvgIpc) is 2.87. The molecule has 2 aliphatic heterocycles. The zero-order valence-electron chi connectivity index (χ0n) is 11.7. The number of carboxylic acids is 2. The second kappa shape index (κ2) is 5.40. The number of halogens is 1. The second-order valence-electron chi connectivity index (χ2n) is 5.71. The van der Waals surface area contributed by atoms with Gasteiger partial charge in [0.2, 0.25) is 0 Å². The summed E-state index contributed by atoms with van der Waals surface area (Å²) in [6.07, 6.45) is 1.91. The minimum atomic E-state index is -1.11. The van der Waals surface area contributed by atoms with Crippen molar-refractivity contribution in [2.75, 3.05) is 31.2 Å². The van der Waals surface area contributed by atoms with Crippen molar-refractivity contribution in [3.05, 3.63) is 22.8 Å². The highest BCUT2D eigenvalue weighted by Crippen LogP contribution is 2.44. The number of nitrogens with zero attached hydrogens (tertiary/aromatic N) is 2. The van der Waals surface area contributed by atoms with E-state index in [0.29, 0.717) is 25.4 Å². The number of carboxylic acid groups (broad SMARTS) is 2. The molecule has 2 saturated heterocycles. The monoisotopic (exact) mass is 326 g/mol. The Balaban J connectivity index is 1.91. The van der Waals surface area contributed by atoms with E-state index in [9.17, 15) is 14.7 Å². The summed E-state index contributed by atoms with van der Waals surface area (Å²) in [6.45, 7) is 1.50. The van der Waals surface area contributed by atoms with Gasteiger partial charge in [-0.3, -0.25) is 4.79 Å². The summed E-state index contributed by atoms with van der Waals surface area (Å²) >= 11 is 6.13. The number of hydrogen-bond donors (Lipinski definition) is 2. The molecule has 0 spiro atoms. The van der Waals surface area contributed by atoms with E-state index in [2.05, 4.69) is 4.98 Å². The number of fused-ring (bicyclic) bond motifs is 1. The Bertz CT molecular complexity index is 638. The molecule has 1 aromatic rings. The van der Waals surface area contributed by atoms with E-state index in [0.717, 1.165) is 0 Å². The van der Waals surface area contributed by atoms with Crippen LogP contribution in [0.25, 0.3) is 0 Å². The second-order valence-corrected chi connectivity index (χ2v) is 6.12. The third kappa shape index (κ3) is 2.30. The summed E-state index contributed by atoms with van der Waals surface area (Å²) < 4.78 is 5.37. The highest BCUT2D eigenvalue weighted by molar-refractivity contribution is 6.33.